The minimum atomic E-state index is -1.04. The molecule has 0 atom stereocenters. The Hall–Kier alpha value is -2.78. The Kier molecular flexibility index (Phi) is 4.82. The van der Waals surface area contributed by atoms with E-state index in [0.29, 0.717) is 12.2 Å². The lowest BCUT2D eigenvalue weighted by atomic mass is 9.99. The highest BCUT2D eigenvalue weighted by Gasteiger charge is 2.15. The van der Waals surface area contributed by atoms with E-state index in [1.54, 1.807) is 18.2 Å². The summed E-state index contributed by atoms with van der Waals surface area (Å²) in [4.78, 5) is 11.4. The van der Waals surface area contributed by atoms with Crippen molar-refractivity contribution in [1.29, 1.82) is 0 Å². The van der Waals surface area contributed by atoms with Gasteiger partial charge in [-0.3, -0.25) is 0 Å². The van der Waals surface area contributed by atoms with E-state index in [1.165, 1.54) is 0 Å². The summed E-state index contributed by atoms with van der Waals surface area (Å²) in [5.41, 5.74) is 2.56. The maximum Gasteiger partial charge on any atom is 0.337 e. The zero-order valence-corrected chi connectivity index (χ0v) is 13.5. The summed E-state index contributed by atoms with van der Waals surface area (Å²) in [6.07, 6.45) is 0. The van der Waals surface area contributed by atoms with E-state index in [0.717, 1.165) is 16.9 Å². The maximum absolute atomic E-state index is 11.4. The van der Waals surface area contributed by atoms with Crippen molar-refractivity contribution in [3.63, 3.8) is 0 Å². The Balaban J connectivity index is 1.80. The van der Waals surface area contributed by atoms with Gasteiger partial charge in [-0.25, -0.2) is 4.79 Å². The number of carbonyl (C=O) groups is 1. The van der Waals surface area contributed by atoms with E-state index in [2.05, 4.69) is 0 Å². The van der Waals surface area contributed by atoms with Gasteiger partial charge in [0.2, 0.25) is 0 Å². The molecule has 1 N–H and O–H groups in total. The van der Waals surface area contributed by atoms with Gasteiger partial charge in [-0.1, -0.05) is 66.2 Å². The standard InChI is InChI=1S/C20H15ClO3/c21-18-8-4-7-17(19(18)20(22)23)15-9-11-16(12-10-15)24-13-14-5-2-1-3-6-14/h1-12H,13H2,(H,22,23). The number of rotatable bonds is 5. The van der Waals surface area contributed by atoms with Crippen LogP contribution in [0.15, 0.2) is 72.8 Å². The van der Waals surface area contributed by atoms with E-state index >= 15 is 0 Å². The van der Waals surface area contributed by atoms with Crippen LogP contribution in [0.5, 0.6) is 5.75 Å². The molecule has 4 heteroatoms. The molecule has 3 aromatic carbocycles. The van der Waals surface area contributed by atoms with Crippen molar-refractivity contribution in [2.24, 2.45) is 0 Å². The Bertz CT molecular complexity index is 843. The zero-order valence-electron chi connectivity index (χ0n) is 12.8. The van der Waals surface area contributed by atoms with Gasteiger partial charge in [-0.15, -0.1) is 0 Å². The van der Waals surface area contributed by atoms with Gasteiger partial charge < -0.3 is 9.84 Å². The van der Waals surface area contributed by atoms with Gasteiger partial charge in [0.05, 0.1) is 10.6 Å². The molecule has 0 aliphatic heterocycles. The van der Waals surface area contributed by atoms with Crippen LogP contribution in [0.4, 0.5) is 0 Å². The van der Waals surface area contributed by atoms with Gasteiger partial charge in [0.15, 0.2) is 0 Å². The minimum absolute atomic E-state index is 0.108. The molecule has 24 heavy (non-hydrogen) atoms. The summed E-state index contributed by atoms with van der Waals surface area (Å²) >= 11 is 6.02. The molecule has 120 valence electrons. The fourth-order valence-electron chi connectivity index (χ4n) is 2.45. The second-order valence-corrected chi connectivity index (χ2v) is 5.67. The largest absolute Gasteiger partial charge is 0.489 e. The van der Waals surface area contributed by atoms with E-state index < -0.39 is 5.97 Å². The van der Waals surface area contributed by atoms with E-state index in [4.69, 9.17) is 16.3 Å². The van der Waals surface area contributed by atoms with Gasteiger partial charge in [-0.2, -0.15) is 0 Å². The van der Waals surface area contributed by atoms with Crippen LogP contribution in [0, 0.1) is 0 Å². The van der Waals surface area contributed by atoms with Gasteiger partial charge in [0, 0.05) is 0 Å². The monoisotopic (exact) mass is 338 g/mol. The first-order chi connectivity index (χ1) is 11.6. The summed E-state index contributed by atoms with van der Waals surface area (Å²) in [5.74, 6) is -0.318. The summed E-state index contributed by atoms with van der Waals surface area (Å²) in [7, 11) is 0. The molecule has 0 radical (unpaired) electrons. The van der Waals surface area contributed by atoms with Crippen molar-refractivity contribution in [3.05, 3.63) is 88.9 Å². The number of aromatic carboxylic acids is 1. The predicted molar refractivity (Wildman–Crippen MR) is 94.6 cm³/mol. The first-order valence-corrected chi connectivity index (χ1v) is 7.82. The summed E-state index contributed by atoms with van der Waals surface area (Å²) in [6.45, 7) is 0.484. The van der Waals surface area contributed by atoms with Crippen molar-refractivity contribution in [3.8, 4) is 16.9 Å². The quantitative estimate of drug-likeness (QED) is 0.688. The minimum Gasteiger partial charge on any atom is -0.489 e. The van der Waals surface area contributed by atoms with Crippen LogP contribution in [0.25, 0.3) is 11.1 Å². The normalized spacial score (nSPS) is 10.4. The molecule has 0 unspecified atom stereocenters. The molecule has 0 saturated heterocycles. The highest BCUT2D eigenvalue weighted by atomic mass is 35.5. The number of hydrogen-bond acceptors (Lipinski definition) is 2. The average Bonchev–Trinajstić information content (AvgIpc) is 2.61. The Morgan fingerprint density at radius 3 is 2.29 bits per heavy atom. The van der Waals surface area contributed by atoms with Crippen LogP contribution in [-0.2, 0) is 6.61 Å². The topological polar surface area (TPSA) is 46.5 Å². The Labute approximate surface area is 145 Å². The summed E-state index contributed by atoms with van der Waals surface area (Å²) in [5, 5.41) is 9.59. The van der Waals surface area contributed by atoms with E-state index in [9.17, 15) is 9.90 Å². The lowest BCUT2D eigenvalue weighted by Crippen LogP contribution is -2.00. The molecular weight excluding hydrogens is 324 g/mol. The molecule has 0 heterocycles. The van der Waals surface area contributed by atoms with Gasteiger partial charge >= 0.3 is 5.97 Å². The first-order valence-electron chi connectivity index (χ1n) is 7.44. The maximum atomic E-state index is 11.4. The van der Waals surface area contributed by atoms with Crippen LogP contribution >= 0.6 is 11.6 Å². The Morgan fingerprint density at radius 2 is 1.62 bits per heavy atom. The number of carboxylic acids is 1. The Morgan fingerprint density at radius 1 is 0.917 bits per heavy atom. The highest BCUT2D eigenvalue weighted by Crippen LogP contribution is 2.30. The molecule has 0 saturated carbocycles. The molecule has 3 aromatic rings. The van der Waals surface area contributed by atoms with Crippen LogP contribution < -0.4 is 4.74 Å². The van der Waals surface area contributed by atoms with Crippen molar-refractivity contribution in [2.45, 2.75) is 6.61 Å². The summed E-state index contributed by atoms with van der Waals surface area (Å²) in [6, 6.07) is 22.3. The predicted octanol–water partition coefficient (Wildman–Crippen LogP) is 5.28. The third kappa shape index (κ3) is 3.58. The molecule has 0 aliphatic rings. The number of carboxylic acid groups (broad SMARTS) is 1. The third-order valence-corrected chi connectivity index (χ3v) is 3.96. The second kappa shape index (κ2) is 7.20. The van der Waals surface area contributed by atoms with Gasteiger partial charge in [0.1, 0.15) is 12.4 Å². The number of benzene rings is 3. The van der Waals surface area contributed by atoms with Crippen molar-refractivity contribution >= 4 is 17.6 Å². The van der Waals surface area contributed by atoms with Crippen molar-refractivity contribution in [2.75, 3.05) is 0 Å². The molecule has 0 spiro atoms. The zero-order chi connectivity index (χ0) is 16.9. The molecule has 0 aliphatic carbocycles. The lowest BCUT2D eigenvalue weighted by molar-refractivity contribution is 0.0698. The molecule has 3 rings (SSSR count). The average molecular weight is 339 g/mol. The molecule has 0 fully saturated rings. The highest BCUT2D eigenvalue weighted by molar-refractivity contribution is 6.34. The van der Waals surface area contributed by atoms with E-state index in [1.807, 2.05) is 54.6 Å². The lowest BCUT2D eigenvalue weighted by Gasteiger charge is -2.10. The van der Waals surface area contributed by atoms with Crippen molar-refractivity contribution < 1.29 is 14.6 Å². The third-order valence-electron chi connectivity index (χ3n) is 3.64. The molecule has 0 amide bonds. The number of halogens is 1. The summed E-state index contributed by atoms with van der Waals surface area (Å²) < 4.78 is 5.74. The number of hydrogen-bond donors (Lipinski definition) is 1. The molecule has 3 nitrogen and oxygen atoms in total. The second-order valence-electron chi connectivity index (χ2n) is 5.27. The number of ether oxygens (including phenoxy) is 1. The fourth-order valence-corrected chi connectivity index (χ4v) is 2.71. The van der Waals surface area contributed by atoms with Crippen LogP contribution in [0.3, 0.4) is 0 Å². The fraction of sp³-hybridized carbons (Fsp3) is 0.0500. The van der Waals surface area contributed by atoms with Crippen LogP contribution in [-0.4, -0.2) is 11.1 Å². The molecule has 0 bridgehead atoms. The van der Waals surface area contributed by atoms with Crippen LogP contribution in [0.2, 0.25) is 5.02 Å². The van der Waals surface area contributed by atoms with Gasteiger partial charge in [0.25, 0.3) is 0 Å². The van der Waals surface area contributed by atoms with Crippen molar-refractivity contribution in [1.82, 2.24) is 0 Å². The van der Waals surface area contributed by atoms with E-state index in [-0.39, 0.29) is 10.6 Å². The molecule has 0 aromatic heterocycles. The molecular formula is C20H15ClO3. The van der Waals surface area contributed by atoms with Crippen LogP contribution in [0.1, 0.15) is 15.9 Å². The van der Waals surface area contributed by atoms with Gasteiger partial charge in [-0.05, 0) is 34.9 Å². The smallest absolute Gasteiger partial charge is 0.337 e. The SMILES string of the molecule is O=C(O)c1c(Cl)cccc1-c1ccc(OCc2ccccc2)cc1. The first kappa shape index (κ1) is 16.1.